The third kappa shape index (κ3) is 3.22. The summed E-state index contributed by atoms with van der Waals surface area (Å²) in [5.41, 5.74) is 2.18. The molecule has 1 saturated heterocycles. The maximum absolute atomic E-state index is 4.60. The third-order valence-electron chi connectivity index (χ3n) is 5.11. The number of hydrogen-bond donors (Lipinski definition) is 1. The van der Waals surface area contributed by atoms with Crippen LogP contribution in [0.5, 0.6) is 0 Å². The maximum Gasteiger partial charge on any atom is 0.178 e. The molecule has 0 amide bonds. The van der Waals surface area contributed by atoms with E-state index in [-0.39, 0.29) is 0 Å². The van der Waals surface area contributed by atoms with E-state index in [1.807, 2.05) is 19.1 Å². The van der Waals surface area contributed by atoms with E-state index in [9.17, 15) is 0 Å². The van der Waals surface area contributed by atoms with Crippen LogP contribution >= 0.6 is 0 Å². The van der Waals surface area contributed by atoms with E-state index in [0.29, 0.717) is 12.0 Å². The number of piperidine rings is 1. The van der Waals surface area contributed by atoms with Gasteiger partial charge in [0.25, 0.3) is 0 Å². The Kier molecular flexibility index (Phi) is 4.36. The lowest BCUT2D eigenvalue weighted by molar-refractivity contribution is 0.128. The van der Waals surface area contributed by atoms with Gasteiger partial charge < -0.3 is 5.32 Å². The molecule has 1 aliphatic heterocycles. The van der Waals surface area contributed by atoms with Crippen LogP contribution in [0.1, 0.15) is 30.3 Å². The fourth-order valence-corrected chi connectivity index (χ4v) is 3.88. The Bertz CT molecular complexity index is 844. The molecule has 3 aromatic rings. The van der Waals surface area contributed by atoms with E-state index in [1.54, 1.807) is 4.52 Å². The molecule has 0 aliphatic carbocycles. The van der Waals surface area contributed by atoms with Crippen LogP contribution in [0, 0.1) is 12.8 Å². The average molecular weight is 336 g/mol. The molecule has 1 fully saturated rings. The number of benzene rings is 1. The second-order valence-corrected chi connectivity index (χ2v) is 6.86. The van der Waals surface area contributed by atoms with Gasteiger partial charge in [-0.2, -0.15) is 4.52 Å². The molecule has 1 aliphatic rings. The number of nitrogens with zero attached hydrogens (tertiary/aromatic N) is 5. The first-order chi connectivity index (χ1) is 12.2. The van der Waals surface area contributed by atoms with Gasteiger partial charge in [-0.1, -0.05) is 30.3 Å². The monoisotopic (exact) mass is 336 g/mol. The number of aryl methyl sites for hydroxylation is 1. The van der Waals surface area contributed by atoms with E-state index in [2.05, 4.69) is 62.9 Å². The van der Waals surface area contributed by atoms with Crippen molar-refractivity contribution in [2.45, 2.75) is 25.8 Å². The second-order valence-electron chi connectivity index (χ2n) is 6.86. The highest BCUT2D eigenvalue weighted by atomic mass is 15.4. The topological polar surface area (TPSA) is 58.4 Å². The number of aromatic nitrogens is 4. The van der Waals surface area contributed by atoms with E-state index in [4.69, 9.17) is 0 Å². The first kappa shape index (κ1) is 16.0. The van der Waals surface area contributed by atoms with Gasteiger partial charge in [-0.3, -0.25) is 4.90 Å². The Hall–Kier alpha value is -2.47. The molecule has 6 heteroatoms. The fourth-order valence-electron chi connectivity index (χ4n) is 3.88. The van der Waals surface area contributed by atoms with Crippen molar-refractivity contribution in [3.63, 3.8) is 0 Å². The Labute approximate surface area is 147 Å². The molecule has 130 valence electrons. The van der Waals surface area contributed by atoms with Gasteiger partial charge in [0, 0.05) is 12.6 Å². The van der Waals surface area contributed by atoms with Gasteiger partial charge in [-0.15, -0.1) is 15.3 Å². The maximum atomic E-state index is 4.60. The summed E-state index contributed by atoms with van der Waals surface area (Å²) in [6.07, 6.45) is 2.47. The van der Waals surface area contributed by atoms with Gasteiger partial charge in [0.15, 0.2) is 11.5 Å². The van der Waals surface area contributed by atoms with Crippen molar-refractivity contribution in [2.24, 2.45) is 5.92 Å². The average Bonchev–Trinajstić information content (AvgIpc) is 3.01. The summed E-state index contributed by atoms with van der Waals surface area (Å²) in [7, 11) is 2.23. The molecule has 0 saturated carbocycles. The van der Waals surface area contributed by atoms with E-state index in [1.165, 1.54) is 18.4 Å². The molecule has 6 nitrogen and oxygen atoms in total. The number of anilines is 1. The van der Waals surface area contributed by atoms with Crippen LogP contribution in [0.4, 0.5) is 5.82 Å². The number of likely N-dealkylation sites (tertiary alicyclic amines) is 1. The van der Waals surface area contributed by atoms with Crippen molar-refractivity contribution in [3.05, 3.63) is 53.9 Å². The molecule has 0 unspecified atom stereocenters. The molecular weight excluding hydrogens is 312 g/mol. The van der Waals surface area contributed by atoms with Crippen molar-refractivity contribution in [2.75, 3.05) is 25.5 Å². The van der Waals surface area contributed by atoms with Crippen LogP contribution in [0.15, 0.2) is 42.5 Å². The molecule has 1 N–H and O–H groups in total. The van der Waals surface area contributed by atoms with Crippen molar-refractivity contribution < 1.29 is 0 Å². The van der Waals surface area contributed by atoms with E-state index >= 15 is 0 Å². The number of nitrogens with one attached hydrogen (secondary N) is 1. The minimum absolute atomic E-state index is 0.447. The zero-order valence-corrected chi connectivity index (χ0v) is 14.8. The summed E-state index contributed by atoms with van der Waals surface area (Å²) in [5, 5.41) is 16.3. The third-order valence-corrected chi connectivity index (χ3v) is 5.11. The molecule has 1 aromatic carbocycles. The number of rotatable bonds is 4. The molecule has 4 rings (SSSR count). The number of fused-ring (bicyclic) bond motifs is 1. The van der Waals surface area contributed by atoms with E-state index < -0.39 is 0 Å². The quantitative estimate of drug-likeness (QED) is 0.794. The highest BCUT2D eigenvalue weighted by Gasteiger charge is 2.30. The molecule has 2 atom stereocenters. The van der Waals surface area contributed by atoms with Gasteiger partial charge >= 0.3 is 0 Å². The first-order valence-corrected chi connectivity index (χ1v) is 8.90. The minimum Gasteiger partial charge on any atom is -0.368 e. The molecular formula is C19H24N6. The van der Waals surface area contributed by atoms with Gasteiger partial charge in [-0.05, 0) is 57.0 Å². The Balaban J connectivity index is 1.52. The Morgan fingerprint density at radius 2 is 1.96 bits per heavy atom. The van der Waals surface area contributed by atoms with Gasteiger partial charge in [0.2, 0.25) is 0 Å². The predicted molar refractivity (Wildman–Crippen MR) is 98.5 cm³/mol. The summed E-state index contributed by atoms with van der Waals surface area (Å²) in [4.78, 5) is 2.48. The molecule has 0 spiro atoms. The zero-order valence-electron chi connectivity index (χ0n) is 14.8. The standard InChI is InChI=1S/C19H24N6/c1-14-21-22-18-11-10-17(23-25(14)18)20-13-16-9-6-12-24(2)19(16)15-7-4-3-5-8-15/h3-5,7-8,10-11,16,19H,6,9,12-13H2,1-2H3,(H,20,23)/t16-,19+/m1/s1. The molecule has 25 heavy (non-hydrogen) atoms. The lowest BCUT2D eigenvalue weighted by Crippen LogP contribution is -2.39. The van der Waals surface area contributed by atoms with Crippen molar-refractivity contribution >= 4 is 11.5 Å². The molecule has 2 aromatic heterocycles. The number of hydrogen-bond acceptors (Lipinski definition) is 5. The van der Waals surface area contributed by atoms with Crippen LogP contribution in [0.3, 0.4) is 0 Å². The van der Waals surface area contributed by atoms with Crippen LogP contribution in [-0.4, -0.2) is 44.8 Å². The fraction of sp³-hybridized carbons (Fsp3) is 0.421. The van der Waals surface area contributed by atoms with Gasteiger partial charge in [-0.25, -0.2) is 0 Å². The largest absolute Gasteiger partial charge is 0.368 e. The summed E-state index contributed by atoms with van der Waals surface area (Å²) in [6, 6.07) is 15.2. The van der Waals surface area contributed by atoms with Crippen LogP contribution in [-0.2, 0) is 0 Å². The lowest BCUT2D eigenvalue weighted by atomic mass is 9.85. The summed E-state index contributed by atoms with van der Waals surface area (Å²) in [6.45, 7) is 3.97. The second kappa shape index (κ2) is 6.80. The van der Waals surface area contributed by atoms with Gasteiger partial charge in [0.1, 0.15) is 5.82 Å². The highest BCUT2D eigenvalue weighted by molar-refractivity contribution is 5.43. The predicted octanol–water partition coefficient (Wildman–Crippen LogP) is 2.93. The summed E-state index contributed by atoms with van der Waals surface area (Å²) in [5.74, 6) is 2.23. The Morgan fingerprint density at radius 1 is 1.12 bits per heavy atom. The Morgan fingerprint density at radius 3 is 2.80 bits per heavy atom. The zero-order chi connectivity index (χ0) is 17.2. The van der Waals surface area contributed by atoms with Gasteiger partial charge in [0.05, 0.1) is 0 Å². The van der Waals surface area contributed by atoms with Crippen molar-refractivity contribution in [1.82, 2.24) is 24.7 Å². The van der Waals surface area contributed by atoms with Crippen LogP contribution < -0.4 is 5.32 Å². The normalized spacial score (nSPS) is 21.5. The summed E-state index contributed by atoms with van der Waals surface area (Å²) >= 11 is 0. The van der Waals surface area contributed by atoms with Crippen LogP contribution in [0.25, 0.3) is 5.65 Å². The molecule has 0 radical (unpaired) electrons. The highest BCUT2D eigenvalue weighted by Crippen LogP contribution is 2.34. The molecule has 3 heterocycles. The molecule has 0 bridgehead atoms. The van der Waals surface area contributed by atoms with Crippen molar-refractivity contribution in [1.29, 1.82) is 0 Å². The lowest BCUT2D eigenvalue weighted by Gasteiger charge is -2.39. The minimum atomic E-state index is 0.447. The SMILES string of the molecule is Cc1nnc2ccc(NC[C@H]3CCCN(C)[C@H]3c3ccccc3)nn12. The van der Waals surface area contributed by atoms with Crippen molar-refractivity contribution in [3.8, 4) is 0 Å². The first-order valence-electron chi connectivity index (χ1n) is 8.90. The smallest absolute Gasteiger partial charge is 0.178 e. The summed E-state index contributed by atoms with van der Waals surface area (Å²) < 4.78 is 1.78. The van der Waals surface area contributed by atoms with E-state index in [0.717, 1.165) is 30.4 Å². The van der Waals surface area contributed by atoms with Crippen LogP contribution in [0.2, 0.25) is 0 Å².